The van der Waals surface area contributed by atoms with Crippen LogP contribution in [-0.2, 0) is 19.9 Å². The fourth-order valence-corrected chi connectivity index (χ4v) is 5.69. The summed E-state index contributed by atoms with van der Waals surface area (Å²) in [6.07, 6.45) is 0.299. The summed E-state index contributed by atoms with van der Waals surface area (Å²) in [6, 6.07) is 4.44. The lowest BCUT2D eigenvalue weighted by molar-refractivity contribution is 0.401. The van der Waals surface area contributed by atoms with Crippen LogP contribution >= 0.6 is 0 Å². The van der Waals surface area contributed by atoms with E-state index in [0.29, 0.717) is 6.42 Å². The summed E-state index contributed by atoms with van der Waals surface area (Å²) in [5.74, 6) is 0.284. The highest BCUT2D eigenvalue weighted by Gasteiger charge is 2.32. The van der Waals surface area contributed by atoms with Crippen LogP contribution < -0.4 is 9.46 Å². The maximum absolute atomic E-state index is 12.6. The Morgan fingerprint density at radius 3 is 2.50 bits per heavy atom. The Balaban J connectivity index is 2.34. The molecule has 0 amide bonds. The third-order valence-electron chi connectivity index (χ3n) is 3.70. The van der Waals surface area contributed by atoms with Gasteiger partial charge in [-0.3, -0.25) is 0 Å². The molecule has 0 spiro atoms. The number of hydrogen-bond donors (Lipinski definition) is 1. The summed E-state index contributed by atoms with van der Waals surface area (Å²) in [6.45, 7) is 3.93. The van der Waals surface area contributed by atoms with E-state index in [4.69, 9.17) is 4.74 Å². The van der Waals surface area contributed by atoms with Gasteiger partial charge in [0.25, 0.3) is 0 Å². The van der Waals surface area contributed by atoms with Crippen molar-refractivity contribution in [2.45, 2.75) is 37.1 Å². The quantitative estimate of drug-likeness (QED) is 0.867. The van der Waals surface area contributed by atoms with Gasteiger partial charge in [-0.2, -0.15) is 0 Å². The van der Waals surface area contributed by atoms with E-state index in [1.54, 1.807) is 12.1 Å². The molecule has 0 radical (unpaired) electrons. The van der Waals surface area contributed by atoms with Gasteiger partial charge in [0.1, 0.15) is 10.6 Å². The average Bonchev–Trinajstić information content (AvgIpc) is 2.76. The number of nitrogens with one attached hydrogen (secondary N) is 1. The number of methoxy groups -OCH3 is 1. The highest BCUT2D eigenvalue weighted by Crippen LogP contribution is 2.28. The molecule has 1 fully saturated rings. The van der Waals surface area contributed by atoms with Crippen molar-refractivity contribution in [3.05, 3.63) is 23.8 Å². The molecule has 1 heterocycles. The summed E-state index contributed by atoms with van der Waals surface area (Å²) < 4.78 is 55.7. The van der Waals surface area contributed by atoms with Crippen LogP contribution in [0.4, 0.5) is 0 Å². The fraction of sp³-hybridized carbons (Fsp3) is 0.571. The van der Waals surface area contributed by atoms with Crippen LogP contribution in [0.1, 0.15) is 31.7 Å². The molecule has 1 aromatic carbocycles. The predicted octanol–water partition coefficient (Wildman–Crippen LogP) is 1.28. The smallest absolute Gasteiger partial charge is 0.244 e. The Labute approximate surface area is 131 Å². The van der Waals surface area contributed by atoms with Gasteiger partial charge in [-0.15, -0.1) is 0 Å². The van der Waals surface area contributed by atoms with Gasteiger partial charge in [0.15, 0.2) is 9.84 Å². The van der Waals surface area contributed by atoms with Crippen LogP contribution in [0.2, 0.25) is 0 Å². The van der Waals surface area contributed by atoms with Crippen molar-refractivity contribution in [1.82, 2.24) is 4.72 Å². The summed E-state index contributed by atoms with van der Waals surface area (Å²) in [7, 11) is -5.57. The first-order valence-corrected chi connectivity index (χ1v) is 10.4. The normalized spacial score (nSPS) is 21.2. The molecule has 6 nitrogen and oxygen atoms in total. The zero-order valence-electron chi connectivity index (χ0n) is 12.9. The Morgan fingerprint density at radius 2 is 2.00 bits per heavy atom. The molecule has 0 saturated carbocycles. The zero-order valence-corrected chi connectivity index (χ0v) is 14.5. The highest BCUT2D eigenvalue weighted by atomic mass is 32.2. The molecule has 2 rings (SSSR count). The number of benzene rings is 1. The van der Waals surface area contributed by atoms with Gasteiger partial charge in [-0.1, -0.05) is 19.9 Å². The Morgan fingerprint density at radius 1 is 1.32 bits per heavy atom. The minimum atomic E-state index is -3.83. The third kappa shape index (κ3) is 3.80. The minimum Gasteiger partial charge on any atom is -0.495 e. The van der Waals surface area contributed by atoms with E-state index in [0.717, 1.165) is 5.56 Å². The molecule has 124 valence electrons. The molecule has 1 N–H and O–H groups in total. The molecule has 0 aliphatic carbocycles. The molecule has 1 unspecified atom stereocenters. The van der Waals surface area contributed by atoms with E-state index in [1.165, 1.54) is 7.11 Å². The molecule has 0 aromatic heterocycles. The van der Waals surface area contributed by atoms with E-state index < -0.39 is 25.9 Å². The second-order valence-electron chi connectivity index (χ2n) is 5.79. The SMILES string of the molecule is COc1ccc(C(C)C)cc1S(=O)(=O)NC1CCS(=O)(=O)C1. The molecule has 8 heteroatoms. The van der Waals surface area contributed by atoms with Crippen LogP contribution in [0.3, 0.4) is 0 Å². The van der Waals surface area contributed by atoms with E-state index in [1.807, 2.05) is 19.9 Å². The standard InChI is InChI=1S/C14H21NO5S2/c1-10(2)11-4-5-13(20-3)14(8-11)22(18,19)15-12-6-7-21(16,17)9-12/h4-5,8,10,12,15H,6-7,9H2,1-3H3. The molecule has 1 aromatic rings. The summed E-state index contributed by atoms with van der Waals surface area (Å²) in [5, 5.41) is 0. The first kappa shape index (κ1) is 17.2. The predicted molar refractivity (Wildman–Crippen MR) is 84.5 cm³/mol. The molecule has 22 heavy (non-hydrogen) atoms. The lowest BCUT2D eigenvalue weighted by Crippen LogP contribution is -2.35. The molecular formula is C14H21NO5S2. The molecule has 1 aliphatic heterocycles. The highest BCUT2D eigenvalue weighted by molar-refractivity contribution is 7.92. The lowest BCUT2D eigenvalue weighted by Gasteiger charge is -2.16. The molecule has 1 atom stereocenters. The van der Waals surface area contributed by atoms with Crippen molar-refractivity contribution in [3.63, 3.8) is 0 Å². The second kappa shape index (κ2) is 6.17. The Kier molecular flexibility index (Phi) is 4.84. The van der Waals surface area contributed by atoms with Gasteiger partial charge in [0, 0.05) is 6.04 Å². The van der Waals surface area contributed by atoms with Gasteiger partial charge in [0.05, 0.1) is 18.6 Å². The van der Waals surface area contributed by atoms with Crippen LogP contribution in [0.5, 0.6) is 5.75 Å². The number of hydrogen-bond acceptors (Lipinski definition) is 5. The first-order valence-electron chi connectivity index (χ1n) is 7.05. The van der Waals surface area contributed by atoms with Gasteiger partial charge >= 0.3 is 0 Å². The van der Waals surface area contributed by atoms with Crippen LogP contribution in [0.15, 0.2) is 23.1 Å². The molecule has 1 saturated heterocycles. The number of rotatable bonds is 5. The summed E-state index contributed by atoms with van der Waals surface area (Å²) >= 11 is 0. The fourth-order valence-electron chi connectivity index (χ4n) is 2.43. The first-order chi connectivity index (χ1) is 10.1. The van der Waals surface area contributed by atoms with E-state index in [9.17, 15) is 16.8 Å². The molecular weight excluding hydrogens is 326 g/mol. The van der Waals surface area contributed by atoms with Crippen molar-refractivity contribution in [2.75, 3.05) is 18.6 Å². The van der Waals surface area contributed by atoms with Gasteiger partial charge in [-0.25, -0.2) is 21.6 Å². The molecule has 1 aliphatic rings. The number of ether oxygens (including phenoxy) is 1. The van der Waals surface area contributed by atoms with Crippen molar-refractivity contribution >= 4 is 19.9 Å². The zero-order chi connectivity index (χ0) is 16.5. The van der Waals surface area contributed by atoms with Crippen molar-refractivity contribution in [2.24, 2.45) is 0 Å². The van der Waals surface area contributed by atoms with Crippen LogP contribution in [0, 0.1) is 0 Å². The molecule has 0 bridgehead atoms. The van der Waals surface area contributed by atoms with E-state index in [-0.39, 0.29) is 28.1 Å². The third-order valence-corrected chi connectivity index (χ3v) is 7.01. The average molecular weight is 347 g/mol. The lowest BCUT2D eigenvalue weighted by atomic mass is 10.0. The maximum Gasteiger partial charge on any atom is 0.244 e. The largest absolute Gasteiger partial charge is 0.495 e. The second-order valence-corrected chi connectivity index (χ2v) is 9.70. The minimum absolute atomic E-state index is 0.0172. The summed E-state index contributed by atoms with van der Waals surface area (Å²) in [5.41, 5.74) is 0.875. The number of sulfonamides is 1. The van der Waals surface area contributed by atoms with Crippen molar-refractivity contribution < 1.29 is 21.6 Å². The van der Waals surface area contributed by atoms with E-state index >= 15 is 0 Å². The maximum atomic E-state index is 12.6. The topological polar surface area (TPSA) is 89.5 Å². The number of sulfone groups is 1. The van der Waals surface area contributed by atoms with Crippen LogP contribution in [-0.4, -0.2) is 41.5 Å². The van der Waals surface area contributed by atoms with Gasteiger partial charge < -0.3 is 4.74 Å². The Hall–Kier alpha value is -1.12. The van der Waals surface area contributed by atoms with Crippen LogP contribution in [0.25, 0.3) is 0 Å². The van der Waals surface area contributed by atoms with Gasteiger partial charge in [0.2, 0.25) is 10.0 Å². The van der Waals surface area contributed by atoms with Crippen molar-refractivity contribution in [3.8, 4) is 5.75 Å². The summed E-state index contributed by atoms with van der Waals surface area (Å²) in [4.78, 5) is 0.0468. The monoisotopic (exact) mass is 347 g/mol. The van der Waals surface area contributed by atoms with E-state index in [2.05, 4.69) is 4.72 Å². The van der Waals surface area contributed by atoms with Crippen molar-refractivity contribution in [1.29, 1.82) is 0 Å². The van der Waals surface area contributed by atoms with Gasteiger partial charge in [-0.05, 0) is 30.0 Å². The Bertz CT molecular complexity index is 753.